The number of carbonyl (C=O) groups excluding carboxylic acids is 2. The minimum atomic E-state index is -4.66. The molecule has 1 aliphatic carbocycles. The summed E-state index contributed by atoms with van der Waals surface area (Å²) < 4.78 is 39.2. The molecule has 3 rings (SSSR count). The largest absolute Gasteiger partial charge is 0.417 e. The fourth-order valence-electron chi connectivity index (χ4n) is 2.76. The fourth-order valence-corrected chi connectivity index (χ4v) is 3.98. The highest BCUT2D eigenvalue weighted by Crippen LogP contribution is 2.38. The molecule has 1 N–H and O–H groups in total. The van der Waals surface area contributed by atoms with Gasteiger partial charge in [0, 0.05) is 17.7 Å². The number of thiophene rings is 1. The Hall–Kier alpha value is -2.66. The van der Waals surface area contributed by atoms with Crippen molar-refractivity contribution < 1.29 is 22.8 Å². The quantitative estimate of drug-likeness (QED) is 0.877. The molecule has 1 aliphatic rings. The van der Waals surface area contributed by atoms with Gasteiger partial charge in [-0.05, 0) is 24.1 Å². The number of rotatable bonds is 2. The van der Waals surface area contributed by atoms with Crippen LogP contribution in [0.3, 0.4) is 0 Å². The predicted molar refractivity (Wildman–Crippen MR) is 85.5 cm³/mol. The summed E-state index contributed by atoms with van der Waals surface area (Å²) in [6, 6.07) is 6.44. The predicted octanol–water partition coefficient (Wildman–Crippen LogP) is 3.95. The first-order valence-corrected chi connectivity index (χ1v) is 8.17. The van der Waals surface area contributed by atoms with E-state index in [1.807, 2.05) is 6.07 Å². The Morgan fingerprint density at radius 1 is 1.24 bits per heavy atom. The molecule has 8 heteroatoms. The number of benzene rings is 1. The van der Waals surface area contributed by atoms with Gasteiger partial charge in [-0.2, -0.15) is 18.4 Å². The molecule has 1 aromatic carbocycles. The number of halogens is 3. The van der Waals surface area contributed by atoms with Crippen LogP contribution in [0.25, 0.3) is 0 Å². The highest BCUT2D eigenvalue weighted by Gasteiger charge is 2.35. The van der Waals surface area contributed by atoms with Gasteiger partial charge in [0.25, 0.3) is 5.91 Å². The zero-order chi connectivity index (χ0) is 18.2. The van der Waals surface area contributed by atoms with Gasteiger partial charge in [0.1, 0.15) is 16.9 Å². The van der Waals surface area contributed by atoms with Crippen LogP contribution in [0.2, 0.25) is 0 Å². The van der Waals surface area contributed by atoms with E-state index in [1.165, 1.54) is 12.1 Å². The number of nitriles is 1. The van der Waals surface area contributed by atoms with Crippen molar-refractivity contribution in [2.24, 2.45) is 0 Å². The molecule has 1 heterocycles. The minimum absolute atomic E-state index is 0.0403. The number of hydrogen-bond acceptors (Lipinski definition) is 4. The van der Waals surface area contributed by atoms with E-state index in [-0.39, 0.29) is 22.8 Å². The molecule has 128 valence electrons. The molecule has 0 atom stereocenters. The molecule has 0 radical (unpaired) electrons. The second kappa shape index (κ2) is 6.33. The number of carbonyl (C=O) groups is 2. The SMILES string of the molecule is N#Cc1c(NC(=O)c2ccccc2C(F)(F)F)sc2c1CCC(=O)C2. The van der Waals surface area contributed by atoms with Crippen molar-refractivity contribution >= 4 is 28.0 Å². The summed E-state index contributed by atoms with van der Waals surface area (Å²) in [5.74, 6) is -0.895. The zero-order valence-electron chi connectivity index (χ0n) is 12.7. The van der Waals surface area contributed by atoms with Crippen LogP contribution in [-0.2, 0) is 23.8 Å². The monoisotopic (exact) mass is 364 g/mol. The Balaban J connectivity index is 1.96. The van der Waals surface area contributed by atoms with Crippen LogP contribution in [0.4, 0.5) is 18.2 Å². The molecule has 0 bridgehead atoms. The van der Waals surface area contributed by atoms with E-state index >= 15 is 0 Å². The molecule has 0 fully saturated rings. The van der Waals surface area contributed by atoms with Gasteiger partial charge >= 0.3 is 6.18 Å². The summed E-state index contributed by atoms with van der Waals surface area (Å²) in [7, 11) is 0. The van der Waals surface area contributed by atoms with Crippen LogP contribution in [0.5, 0.6) is 0 Å². The molecule has 0 saturated carbocycles. The van der Waals surface area contributed by atoms with E-state index in [1.54, 1.807) is 0 Å². The lowest BCUT2D eigenvalue weighted by atomic mass is 9.95. The second-order valence-electron chi connectivity index (χ2n) is 5.53. The Morgan fingerprint density at radius 3 is 2.64 bits per heavy atom. The molecule has 2 aromatic rings. The van der Waals surface area contributed by atoms with Gasteiger partial charge in [-0.15, -0.1) is 11.3 Å². The number of nitrogens with one attached hydrogen (secondary N) is 1. The maximum Gasteiger partial charge on any atom is 0.417 e. The van der Waals surface area contributed by atoms with Crippen LogP contribution in [-0.4, -0.2) is 11.7 Å². The molecule has 25 heavy (non-hydrogen) atoms. The van der Waals surface area contributed by atoms with Crippen LogP contribution in [0.15, 0.2) is 24.3 Å². The first-order valence-electron chi connectivity index (χ1n) is 7.35. The van der Waals surface area contributed by atoms with Crippen LogP contribution in [0, 0.1) is 11.3 Å². The Morgan fingerprint density at radius 2 is 1.96 bits per heavy atom. The Kier molecular flexibility index (Phi) is 4.35. The van der Waals surface area contributed by atoms with Gasteiger partial charge < -0.3 is 5.32 Å². The van der Waals surface area contributed by atoms with Crippen molar-refractivity contribution in [3.63, 3.8) is 0 Å². The lowest BCUT2D eigenvalue weighted by molar-refractivity contribution is -0.137. The molecule has 1 aromatic heterocycles. The number of Topliss-reactive ketones (excluding diaryl/α,β-unsaturated/α-hetero) is 1. The fraction of sp³-hybridized carbons (Fsp3) is 0.235. The minimum Gasteiger partial charge on any atom is -0.312 e. The highest BCUT2D eigenvalue weighted by atomic mass is 32.1. The van der Waals surface area contributed by atoms with E-state index in [2.05, 4.69) is 5.32 Å². The van der Waals surface area contributed by atoms with Gasteiger partial charge in [-0.3, -0.25) is 9.59 Å². The number of ketones is 1. The number of anilines is 1. The number of hydrogen-bond donors (Lipinski definition) is 1. The van der Waals surface area contributed by atoms with E-state index in [0.717, 1.165) is 23.5 Å². The Labute approximate surface area is 144 Å². The molecular formula is C17H11F3N2O2S. The molecule has 0 spiro atoms. The molecule has 4 nitrogen and oxygen atoms in total. The first-order chi connectivity index (χ1) is 11.8. The summed E-state index contributed by atoms with van der Waals surface area (Å²) in [6.07, 6.45) is -3.75. The smallest absolute Gasteiger partial charge is 0.312 e. The van der Waals surface area contributed by atoms with Crippen molar-refractivity contribution in [2.45, 2.75) is 25.4 Å². The third kappa shape index (κ3) is 3.28. The van der Waals surface area contributed by atoms with Crippen molar-refractivity contribution in [3.8, 4) is 6.07 Å². The van der Waals surface area contributed by atoms with Gasteiger partial charge in [-0.1, -0.05) is 12.1 Å². The van der Waals surface area contributed by atoms with Crippen molar-refractivity contribution in [1.29, 1.82) is 5.26 Å². The molecule has 0 saturated heterocycles. The Bertz CT molecular complexity index is 910. The normalized spacial score (nSPS) is 13.9. The highest BCUT2D eigenvalue weighted by molar-refractivity contribution is 7.16. The van der Waals surface area contributed by atoms with Gasteiger partial charge in [0.05, 0.1) is 16.7 Å². The summed E-state index contributed by atoms with van der Waals surface area (Å²) in [4.78, 5) is 24.6. The lowest BCUT2D eigenvalue weighted by Crippen LogP contribution is -2.18. The van der Waals surface area contributed by atoms with Crippen LogP contribution in [0.1, 0.15) is 38.3 Å². The van der Waals surface area contributed by atoms with Crippen LogP contribution < -0.4 is 5.32 Å². The van der Waals surface area contributed by atoms with E-state index in [9.17, 15) is 28.0 Å². The summed E-state index contributed by atoms with van der Waals surface area (Å²) >= 11 is 1.07. The maximum absolute atomic E-state index is 13.1. The van der Waals surface area contributed by atoms with Crippen molar-refractivity contribution in [3.05, 3.63) is 51.4 Å². The summed E-state index contributed by atoms with van der Waals surface area (Å²) in [6.45, 7) is 0. The standard InChI is InChI=1S/C17H11F3N2O2S/c18-17(19,20)13-4-2-1-3-11(13)15(24)22-16-12(8-21)10-6-5-9(23)7-14(10)25-16/h1-4H,5-7H2,(H,22,24). The second-order valence-corrected chi connectivity index (χ2v) is 6.64. The number of fused-ring (bicyclic) bond motifs is 1. The molecular weight excluding hydrogens is 353 g/mol. The lowest BCUT2D eigenvalue weighted by Gasteiger charge is -2.12. The maximum atomic E-state index is 13.1. The van der Waals surface area contributed by atoms with Gasteiger partial charge in [0.15, 0.2) is 0 Å². The van der Waals surface area contributed by atoms with Crippen molar-refractivity contribution in [1.82, 2.24) is 0 Å². The molecule has 1 amide bonds. The van der Waals surface area contributed by atoms with Crippen molar-refractivity contribution in [2.75, 3.05) is 5.32 Å². The molecule has 0 aliphatic heterocycles. The van der Waals surface area contributed by atoms with Crippen LogP contribution >= 0.6 is 11.3 Å². The number of nitrogens with zero attached hydrogens (tertiary/aromatic N) is 1. The van der Waals surface area contributed by atoms with E-state index in [4.69, 9.17) is 0 Å². The zero-order valence-corrected chi connectivity index (χ0v) is 13.6. The number of alkyl halides is 3. The molecule has 0 unspecified atom stereocenters. The third-order valence-electron chi connectivity index (χ3n) is 3.92. The topological polar surface area (TPSA) is 70.0 Å². The average molecular weight is 364 g/mol. The third-order valence-corrected chi connectivity index (χ3v) is 5.07. The summed E-state index contributed by atoms with van der Waals surface area (Å²) in [5.41, 5.74) is -0.624. The van der Waals surface area contributed by atoms with Gasteiger partial charge in [0.2, 0.25) is 0 Å². The first kappa shape index (κ1) is 17.2. The van der Waals surface area contributed by atoms with Gasteiger partial charge in [-0.25, -0.2) is 0 Å². The van der Waals surface area contributed by atoms with E-state index < -0.39 is 23.2 Å². The number of amides is 1. The average Bonchev–Trinajstić information content (AvgIpc) is 2.89. The summed E-state index contributed by atoms with van der Waals surface area (Å²) in [5, 5.41) is 11.9. The van der Waals surface area contributed by atoms with E-state index in [0.29, 0.717) is 23.3 Å².